The summed E-state index contributed by atoms with van der Waals surface area (Å²) in [5, 5.41) is 4.39. The van der Waals surface area contributed by atoms with Crippen LogP contribution in [0.25, 0.3) is 0 Å². The van der Waals surface area contributed by atoms with E-state index >= 15 is 0 Å². The van der Waals surface area contributed by atoms with Crippen LogP contribution < -0.4 is 14.8 Å². The molecule has 0 aromatic heterocycles. The summed E-state index contributed by atoms with van der Waals surface area (Å²) in [6.07, 6.45) is 0. The van der Waals surface area contributed by atoms with Gasteiger partial charge in [0.2, 0.25) is 0 Å². The third-order valence-corrected chi connectivity index (χ3v) is 5.36. The van der Waals surface area contributed by atoms with Crippen LogP contribution in [0.5, 0.6) is 11.5 Å². The molecule has 0 heterocycles. The van der Waals surface area contributed by atoms with Crippen molar-refractivity contribution >= 4 is 44.8 Å². The maximum Gasteiger partial charge on any atom is 0.162 e. The van der Waals surface area contributed by atoms with E-state index in [1.807, 2.05) is 12.1 Å². The Morgan fingerprint density at radius 3 is 2.50 bits per heavy atom. The Kier molecular flexibility index (Phi) is 7.05. The molecule has 7 heteroatoms. The molecule has 0 saturated carbocycles. The van der Waals surface area contributed by atoms with Gasteiger partial charge in [-0.05, 0) is 42.0 Å². The van der Waals surface area contributed by atoms with Crippen molar-refractivity contribution in [2.75, 3.05) is 12.4 Å². The standard InChI is InChI=1S/C21H17BrCl2FNO2/c1-27-20-8-14(11-26-19-7-6-15(23)9-17(19)24)16(22)10-21(20)28-12-13-4-2-3-5-18(13)25/h2-10,26H,11-12H2,1H3. The number of rotatable bonds is 7. The van der Waals surface area contributed by atoms with Crippen LogP contribution in [0.3, 0.4) is 0 Å². The summed E-state index contributed by atoms with van der Waals surface area (Å²) < 4.78 is 25.8. The van der Waals surface area contributed by atoms with E-state index in [1.54, 1.807) is 43.5 Å². The van der Waals surface area contributed by atoms with Gasteiger partial charge in [0.05, 0.1) is 17.8 Å². The number of methoxy groups -OCH3 is 1. The van der Waals surface area contributed by atoms with Crippen molar-refractivity contribution in [3.05, 3.63) is 86.1 Å². The van der Waals surface area contributed by atoms with Crippen LogP contribution in [0.15, 0.2) is 59.1 Å². The molecule has 0 spiro atoms. The van der Waals surface area contributed by atoms with Gasteiger partial charge < -0.3 is 14.8 Å². The fourth-order valence-electron chi connectivity index (χ4n) is 2.58. The molecule has 0 fully saturated rings. The van der Waals surface area contributed by atoms with E-state index in [9.17, 15) is 4.39 Å². The number of hydrogen-bond donors (Lipinski definition) is 1. The molecule has 0 amide bonds. The van der Waals surface area contributed by atoms with Crippen LogP contribution in [-0.2, 0) is 13.2 Å². The third-order valence-electron chi connectivity index (χ3n) is 4.07. The molecule has 0 aliphatic carbocycles. The van der Waals surface area contributed by atoms with Gasteiger partial charge in [-0.25, -0.2) is 4.39 Å². The molecular formula is C21H17BrCl2FNO2. The van der Waals surface area contributed by atoms with Crippen LogP contribution >= 0.6 is 39.1 Å². The molecule has 1 N–H and O–H groups in total. The molecular weight excluding hydrogens is 468 g/mol. The van der Waals surface area contributed by atoms with Crippen LogP contribution in [0, 0.1) is 5.82 Å². The van der Waals surface area contributed by atoms with Crippen molar-refractivity contribution in [2.24, 2.45) is 0 Å². The molecule has 146 valence electrons. The summed E-state index contributed by atoms with van der Waals surface area (Å²) in [5.74, 6) is 0.769. The quantitative estimate of drug-likeness (QED) is 0.388. The molecule has 3 aromatic rings. The lowest BCUT2D eigenvalue weighted by atomic mass is 10.2. The van der Waals surface area contributed by atoms with Crippen LogP contribution in [0.4, 0.5) is 10.1 Å². The third kappa shape index (κ3) is 5.10. The monoisotopic (exact) mass is 483 g/mol. The number of halogens is 4. The Labute approximate surface area is 181 Å². The molecule has 0 aliphatic heterocycles. The Morgan fingerprint density at radius 1 is 1.00 bits per heavy atom. The van der Waals surface area contributed by atoms with Gasteiger partial charge in [-0.15, -0.1) is 0 Å². The maximum atomic E-state index is 13.8. The molecule has 3 nitrogen and oxygen atoms in total. The molecule has 0 radical (unpaired) electrons. The first-order valence-electron chi connectivity index (χ1n) is 8.39. The molecule has 0 saturated heterocycles. The lowest BCUT2D eigenvalue weighted by molar-refractivity contribution is 0.279. The first-order chi connectivity index (χ1) is 13.5. The van der Waals surface area contributed by atoms with Crippen molar-refractivity contribution in [1.29, 1.82) is 0 Å². The van der Waals surface area contributed by atoms with Gasteiger partial charge in [-0.3, -0.25) is 0 Å². The normalized spacial score (nSPS) is 10.6. The number of ether oxygens (including phenoxy) is 2. The van der Waals surface area contributed by atoms with Crippen molar-refractivity contribution in [2.45, 2.75) is 13.2 Å². The summed E-state index contributed by atoms with van der Waals surface area (Å²) in [5.41, 5.74) is 2.20. The average molecular weight is 485 g/mol. The smallest absolute Gasteiger partial charge is 0.162 e. The zero-order valence-corrected chi connectivity index (χ0v) is 18.0. The lowest BCUT2D eigenvalue weighted by Gasteiger charge is -2.15. The Hall–Kier alpha value is -1.95. The highest BCUT2D eigenvalue weighted by molar-refractivity contribution is 9.10. The van der Waals surface area contributed by atoms with Crippen LogP contribution in [0.1, 0.15) is 11.1 Å². The molecule has 0 aliphatic rings. The Morgan fingerprint density at radius 2 is 1.79 bits per heavy atom. The van der Waals surface area contributed by atoms with Crippen molar-refractivity contribution in [3.63, 3.8) is 0 Å². The highest BCUT2D eigenvalue weighted by Crippen LogP contribution is 2.35. The van der Waals surface area contributed by atoms with Crippen molar-refractivity contribution < 1.29 is 13.9 Å². The fourth-order valence-corrected chi connectivity index (χ4v) is 3.52. The van der Waals surface area contributed by atoms with E-state index < -0.39 is 0 Å². The number of hydrogen-bond acceptors (Lipinski definition) is 3. The van der Waals surface area contributed by atoms with Gasteiger partial charge >= 0.3 is 0 Å². The number of nitrogens with one attached hydrogen (secondary N) is 1. The van der Waals surface area contributed by atoms with E-state index in [-0.39, 0.29) is 12.4 Å². The summed E-state index contributed by atoms with van der Waals surface area (Å²) in [6, 6.07) is 15.4. The second-order valence-electron chi connectivity index (χ2n) is 5.95. The second-order valence-corrected chi connectivity index (χ2v) is 7.65. The highest BCUT2D eigenvalue weighted by atomic mass is 79.9. The zero-order chi connectivity index (χ0) is 20.1. The molecule has 0 bridgehead atoms. The van der Waals surface area contributed by atoms with Crippen molar-refractivity contribution in [3.8, 4) is 11.5 Å². The van der Waals surface area contributed by atoms with Gasteiger partial charge in [0.25, 0.3) is 0 Å². The Bertz CT molecular complexity index is 985. The van der Waals surface area contributed by atoms with E-state index in [0.717, 1.165) is 15.7 Å². The molecule has 0 atom stereocenters. The summed E-state index contributed by atoms with van der Waals surface area (Å²) in [4.78, 5) is 0. The minimum Gasteiger partial charge on any atom is -0.493 e. The van der Waals surface area contributed by atoms with Gasteiger partial charge in [-0.2, -0.15) is 0 Å². The fraction of sp³-hybridized carbons (Fsp3) is 0.143. The van der Waals surface area contributed by atoms with E-state index in [0.29, 0.717) is 33.7 Å². The van der Waals surface area contributed by atoms with Gasteiger partial charge in [0.15, 0.2) is 11.5 Å². The topological polar surface area (TPSA) is 30.5 Å². The van der Waals surface area contributed by atoms with E-state index in [2.05, 4.69) is 21.2 Å². The summed E-state index contributed by atoms with van der Waals surface area (Å²) in [6.45, 7) is 0.610. The maximum absolute atomic E-state index is 13.8. The Balaban J connectivity index is 1.74. The molecule has 0 unspecified atom stereocenters. The SMILES string of the molecule is COc1cc(CNc2ccc(Cl)cc2Cl)c(Br)cc1OCc1ccccc1F. The lowest BCUT2D eigenvalue weighted by Crippen LogP contribution is -2.04. The van der Waals surface area contributed by atoms with E-state index in [4.69, 9.17) is 32.7 Å². The minimum atomic E-state index is -0.304. The summed E-state index contributed by atoms with van der Waals surface area (Å²) in [7, 11) is 1.56. The highest BCUT2D eigenvalue weighted by Gasteiger charge is 2.12. The van der Waals surface area contributed by atoms with Crippen molar-refractivity contribution in [1.82, 2.24) is 0 Å². The molecule has 28 heavy (non-hydrogen) atoms. The van der Waals surface area contributed by atoms with E-state index in [1.165, 1.54) is 6.07 Å². The molecule has 3 aromatic carbocycles. The van der Waals surface area contributed by atoms with Crippen LogP contribution in [0.2, 0.25) is 10.0 Å². The number of benzene rings is 3. The summed E-state index contributed by atoms with van der Waals surface area (Å²) >= 11 is 15.7. The van der Waals surface area contributed by atoms with Crippen LogP contribution in [-0.4, -0.2) is 7.11 Å². The van der Waals surface area contributed by atoms with Gasteiger partial charge in [0.1, 0.15) is 12.4 Å². The molecule has 3 rings (SSSR count). The van der Waals surface area contributed by atoms with Gasteiger partial charge in [-0.1, -0.05) is 57.3 Å². The predicted octanol–water partition coefficient (Wildman–Crippen LogP) is 7.09. The first kappa shape index (κ1) is 20.8. The van der Waals surface area contributed by atoms with Gasteiger partial charge in [0, 0.05) is 21.6 Å². The zero-order valence-electron chi connectivity index (χ0n) is 14.9. The minimum absolute atomic E-state index is 0.105. The second kappa shape index (κ2) is 9.50. The average Bonchev–Trinajstić information content (AvgIpc) is 2.67. The predicted molar refractivity (Wildman–Crippen MR) is 115 cm³/mol. The number of anilines is 1. The largest absolute Gasteiger partial charge is 0.493 e. The first-order valence-corrected chi connectivity index (χ1v) is 9.94.